The number of nitrogens with one attached hydrogen (secondary N) is 1. The van der Waals surface area contributed by atoms with Gasteiger partial charge < -0.3 is 4.74 Å². The number of rotatable bonds is 3. The molecule has 2 heterocycles. The van der Waals surface area contributed by atoms with Crippen molar-refractivity contribution in [2.75, 3.05) is 13.2 Å². The first-order valence-corrected chi connectivity index (χ1v) is 7.02. The van der Waals surface area contributed by atoms with Gasteiger partial charge in [-0.3, -0.25) is 0 Å². The molecule has 16 heavy (non-hydrogen) atoms. The number of hydrogen-bond acceptors (Lipinski definition) is 5. The van der Waals surface area contributed by atoms with E-state index in [1.165, 1.54) is 12.1 Å². The minimum Gasteiger partial charge on any atom is -0.380 e. The van der Waals surface area contributed by atoms with E-state index in [9.17, 15) is 8.42 Å². The zero-order valence-corrected chi connectivity index (χ0v) is 9.97. The normalized spacial score (nSPS) is 20.8. The van der Waals surface area contributed by atoms with Crippen molar-refractivity contribution in [1.82, 2.24) is 4.72 Å². The third-order valence-electron chi connectivity index (χ3n) is 2.21. The molecule has 1 saturated heterocycles. The molecule has 1 fully saturated rings. The van der Waals surface area contributed by atoms with Crippen LogP contribution in [0.25, 0.3) is 0 Å². The van der Waals surface area contributed by atoms with Gasteiger partial charge in [0.05, 0.1) is 6.61 Å². The monoisotopic (exact) mass is 258 g/mol. The van der Waals surface area contributed by atoms with E-state index >= 15 is 0 Å². The average Bonchev–Trinajstić information content (AvgIpc) is 2.85. The molecular weight excluding hydrogens is 248 g/mol. The molecule has 1 aromatic heterocycles. The average molecular weight is 258 g/mol. The summed E-state index contributed by atoms with van der Waals surface area (Å²) in [7, 11) is -3.50. The minimum absolute atomic E-state index is 0.155. The van der Waals surface area contributed by atoms with Gasteiger partial charge in [-0.05, 0) is 18.6 Å². The Balaban J connectivity index is 2.15. The fourth-order valence-electron chi connectivity index (χ4n) is 1.43. The van der Waals surface area contributed by atoms with Crippen LogP contribution in [-0.2, 0) is 14.8 Å². The fourth-order valence-corrected chi connectivity index (χ4v) is 3.80. The number of sulfonamides is 1. The summed E-state index contributed by atoms with van der Waals surface area (Å²) in [6, 6.07) is 4.71. The van der Waals surface area contributed by atoms with Crippen molar-refractivity contribution >= 4 is 21.4 Å². The molecular formula is C9H10N2O3S2. The molecule has 86 valence electrons. The number of thiophene rings is 1. The molecule has 1 unspecified atom stereocenters. The largest absolute Gasteiger partial charge is 0.380 e. The maximum atomic E-state index is 11.9. The van der Waals surface area contributed by atoms with Gasteiger partial charge in [0, 0.05) is 12.6 Å². The van der Waals surface area contributed by atoms with Gasteiger partial charge in [0.15, 0.2) is 0 Å². The van der Waals surface area contributed by atoms with Crippen molar-refractivity contribution in [2.45, 2.75) is 16.7 Å². The van der Waals surface area contributed by atoms with Crippen molar-refractivity contribution < 1.29 is 13.2 Å². The predicted molar refractivity (Wildman–Crippen MR) is 58.6 cm³/mol. The van der Waals surface area contributed by atoms with E-state index in [-0.39, 0.29) is 10.3 Å². The van der Waals surface area contributed by atoms with Gasteiger partial charge in [0.1, 0.15) is 15.2 Å². The second-order valence-corrected chi connectivity index (χ2v) is 6.44. The molecule has 1 atom stereocenters. The first kappa shape index (κ1) is 11.5. The van der Waals surface area contributed by atoms with E-state index in [2.05, 4.69) is 4.72 Å². The fraction of sp³-hybridized carbons (Fsp3) is 0.444. The summed E-state index contributed by atoms with van der Waals surface area (Å²) in [5, 5.41) is 8.63. The maximum Gasteiger partial charge on any atom is 0.250 e. The summed E-state index contributed by atoms with van der Waals surface area (Å²) in [4.78, 5) is 0.392. The van der Waals surface area contributed by atoms with Crippen molar-refractivity contribution in [3.05, 3.63) is 17.0 Å². The highest BCUT2D eigenvalue weighted by Gasteiger charge is 2.24. The topological polar surface area (TPSA) is 79.2 Å². The Kier molecular flexibility index (Phi) is 3.25. The van der Waals surface area contributed by atoms with Crippen LogP contribution in [0, 0.1) is 11.3 Å². The van der Waals surface area contributed by atoms with Gasteiger partial charge in [-0.15, -0.1) is 11.3 Å². The number of nitriles is 1. The van der Waals surface area contributed by atoms with Gasteiger partial charge in [0.2, 0.25) is 10.0 Å². The molecule has 1 aromatic rings. The minimum atomic E-state index is -3.50. The second kappa shape index (κ2) is 4.51. The SMILES string of the molecule is N#Cc1ccc(S(=O)(=O)NC2CCOC2)s1. The molecule has 2 rings (SSSR count). The van der Waals surface area contributed by atoms with E-state index < -0.39 is 10.0 Å². The molecule has 0 amide bonds. The summed E-state index contributed by atoms with van der Waals surface area (Å²) in [5.41, 5.74) is 0. The summed E-state index contributed by atoms with van der Waals surface area (Å²) < 4.78 is 31.5. The van der Waals surface area contributed by atoms with Crippen LogP contribution in [0.4, 0.5) is 0 Å². The third kappa shape index (κ3) is 2.41. The van der Waals surface area contributed by atoms with Crippen LogP contribution in [-0.4, -0.2) is 27.7 Å². The molecule has 0 saturated carbocycles. The number of hydrogen-bond donors (Lipinski definition) is 1. The first-order valence-electron chi connectivity index (χ1n) is 4.72. The lowest BCUT2D eigenvalue weighted by atomic mass is 10.3. The van der Waals surface area contributed by atoms with Crippen LogP contribution >= 0.6 is 11.3 Å². The molecule has 0 bridgehead atoms. The standard InChI is InChI=1S/C9H10N2O3S2/c10-5-8-1-2-9(15-8)16(12,13)11-7-3-4-14-6-7/h1-2,7,11H,3-4,6H2. The van der Waals surface area contributed by atoms with Gasteiger partial charge in [-0.2, -0.15) is 5.26 Å². The van der Waals surface area contributed by atoms with E-state index in [0.717, 1.165) is 11.3 Å². The Morgan fingerprint density at radius 2 is 2.38 bits per heavy atom. The molecule has 1 aliphatic heterocycles. The zero-order chi connectivity index (χ0) is 11.6. The lowest BCUT2D eigenvalue weighted by Crippen LogP contribution is -2.34. The lowest BCUT2D eigenvalue weighted by molar-refractivity contribution is 0.192. The molecule has 0 spiro atoms. The van der Waals surface area contributed by atoms with Crippen LogP contribution < -0.4 is 4.72 Å². The van der Waals surface area contributed by atoms with Gasteiger partial charge >= 0.3 is 0 Å². The molecule has 1 N–H and O–H groups in total. The van der Waals surface area contributed by atoms with Crippen molar-refractivity contribution in [2.24, 2.45) is 0 Å². The molecule has 5 nitrogen and oxygen atoms in total. The lowest BCUT2D eigenvalue weighted by Gasteiger charge is -2.09. The van der Waals surface area contributed by atoms with Crippen LogP contribution in [0.2, 0.25) is 0 Å². The Bertz CT molecular complexity index is 509. The van der Waals surface area contributed by atoms with E-state index in [1.54, 1.807) is 0 Å². The van der Waals surface area contributed by atoms with Crippen LogP contribution in [0.1, 0.15) is 11.3 Å². The van der Waals surface area contributed by atoms with Crippen molar-refractivity contribution in [1.29, 1.82) is 5.26 Å². The summed E-state index contributed by atoms with van der Waals surface area (Å²) in [6.07, 6.45) is 0.690. The highest BCUT2D eigenvalue weighted by molar-refractivity contribution is 7.91. The quantitative estimate of drug-likeness (QED) is 0.865. The molecule has 0 aromatic carbocycles. The summed E-state index contributed by atoms with van der Waals surface area (Å²) in [6.45, 7) is 0.997. The van der Waals surface area contributed by atoms with Gasteiger partial charge in [0.25, 0.3) is 0 Å². The predicted octanol–water partition coefficient (Wildman–Crippen LogP) is 0.687. The third-order valence-corrected chi connectivity index (χ3v) is 5.21. The Morgan fingerprint density at radius 3 is 2.94 bits per heavy atom. The van der Waals surface area contributed by atoms with E-state index in [0.29, 0.717) is 24.5 Å². The molecule has 0 aliphatic carbocycles. The smallest absolute Gasteiger partial charge is 0.250 e. The number of ether oxygens (including phenoxy) is 1. The molecule has 7 heteroatoms. The summed E-state index contributed by atoms with van der Waals surface area (Å²) in [5.74, 6) is 0. The highest BCUT2D eigenvalue weighted by Crippen LogP contribution is 2.21. The molecule has 1 aliphatic rings. The van der Waals surface area contributed by atoms with E-state index in [4.69, 9.17) is 10.00 Å². The Morgan fingerprint density at radius 1 is 1.56 bits per heavy atom. The van der Waals surface area contributed by atoms with Crippen LogP contribution in [0.15, 0.2) is 16.3 Å². The van der Waals surface area contributed by atoms with Crippen LogP contribution in [0.3, 0.4) is 0 Å². The van der Waals surface area contributed by atoms with Crippen LogP contribution in [0.5, 0.6) is 0 Å². The van der Waals surface area contributed by atoms with E-state index in [1.807, 2.05) is 6.07 Å². The summed E-state index contributed by atoms with van der Waals surface area (Å²) >= 11 is 0.971. The van der Waals surface area contributed by atoms with Gasteiger partial charge in [-0.25, -0.2) is 13.1 Å². The number of nitrogens with zero attached hydrogens (tertiary/aromatic N) is 1. The van der Waals surface area contributed by atoms with Crippen molar-refractivity contribution in [3.63, 3.8) is 0 Å². The first-order chi connectivity index (χ1) is 7.62. The Labute approximate surface area is 97.7 Å². The Hall–Kier alpha value is -0.940. The zero-order valence-electron chi connectivity index (χ0n) is 8.34. The highest BCUT2D eigenvalue weighted by atomic mass is 32.2. The van der Waals surface area contributed by atoms with Crippen molar-refractivity contribution in [3.8, 4) is 6.07 Å². The van der Waals surface area contributed by atoms with Gasteiger partial charge in [-0.1, -0.05) is 0 Å². The maximum absolute atomic E-state index is 11.9. The molecule has 0 radical (unpaired) electrons. The second-order valence-electron chi connectivity index (χ2n) is 3.41.